The van der Waals surface area contributed by atoms with Crippen LogP contribution in [-0.4, -0.2) is 16.8 Å². The summed E-state index contributed by atoms with van der Waals surface area (Å²) in [6, 6.07) is 4.08. The third-order valence-corrected chi connectivity index (χ3v) is 5.93. The van der Waals surface area contributed by atoms with Crippen LogP contribution in [-0.2, 0) is 6.42 Å². The average Bonchev–Trinajstić information content (AvgIpc) is 2.86. The lowest BCUT2D eigenvalue weighted by atomic mass is 10.0. The Morgan fingerprint density at radius 1 is 1.35 bits per heavy atom. The molecule has 94 valence electrons. The average molecular weight is 268 g/mol. The Hall–Kier alpha value is -0.280. The van der Waals surface area contributed by atoms with Crippen molar-refractivity contribution in [3.05, 3.63) is 21.9 Å². The molecule has 0 radical (unpaired) electrons. The topological polar surface area (TPSA) is 17.1 Å². The van der Waals surface area contributed by atoms with Crippen LogP contribution in [0.15, 0.2) is 12.1 Å². The molecule has 1 aliphatic carbocycles. The number of ketones is 1. The van der Waals surface area contributed by atoms with E-state index in [4.69, 9.17) is 0 Å². The van der Waals surface area contributed by atoms with Gasteiger partial charge in [0.15, 0.2) is 5.78 Å². The fourth-order valence-corrected chi connectivity index (χ4v) is 4.40. The SMILES string of the molecule is CCc1ccc(C(=O)CSC2CCCCC2)s1. The fraction of sp³-hybridized carbons (Fsp3) is 0.643. The molecule has 17 heavy (non-hydrogen) atoms. The van der Waals surface area contributed by atoms with Crippen LogP contribution in [0.2, 0.25) is 0 Å². The number of hydrogen-bond acceptors (Lipinski definition) is 3. The summed E-state index contributed by atoms with van der Waals surface area (Å²) in [5, 5.41) is 0.735. The molecule has 0 bridgehead atoms. The van der Waals surface area contributed by atoms with Gasteiger partial charge < -0.3 is 0 Å². The van der Waals surface area contributed by atoms with Crippen LogP contribution >= 0.6 is 23.1 Å². The number of carbonyl (C=O) groups excluding carboxylic acids is 1. The van der Waals surface area contributed by atoms with E-state index in [0.29, 0.717) is 11.5 Å². The van der Waals surface area contributed by atoms with E-state index in [1.165, 1.54) is 37.0 Å². The predicted molar refractivity (Wildman–Crippen MR) is 77.4 cm³/mol. The van der Waals surface area contributed by atoms with Gasteiger partial charge in [0.05, 0.1) is 10.6 Å². The minimum atomic E-state index is 0.324. The zero-order valence-corrected chi connectivity index (χ0v) is 12.0. The highest BCUT2D eigenvalue weighted by Gasteiger charge is 2.16. The van der Waals surface area contributed by atoms with Gasteiger partial charge in [-0.15, -0.1) is 11.3 Å². The second kappa shape index (κ2) is 6.60. The van der Waals surface area contributed by atoms with Gasteiger partial charge in [-0.05, 0) is 31.4 Å². The van der Waals surface area contributed by atoms with E-state index in [9.17, 15) is 4.79 Å². The fourth-order valence-electron chi connectivity index (χ4n) is 2.21. The third-order valence-electron chi connectivity index (χ3n) is 3.29. The Labute approximate surface area is 112 Å². The van der Waals surface area contributed by atoms with Crippen LogP contribution in [0.25, 0.3) is 0 Å². The summed E-state index contributed by atoms with van der Waals surface area (Å²) >= 11 is 3.54. The Morgan fingerprint density at radius 2 is 2.12 bits per heavy atom. The molecular weight excluding hydrogens is 248 g/mol. The summed E-state index contributed by atoms with van der Waals surface area (Å²) in [5.41, 5.74) is 0. The number of thioether (sulfide) groups is 1. The predicted octanol–water partition coefficient (Wildman–Crippen LogP) is 4.56. The third kappa shape index (κ3) is 3.85. The minimum absolute atomic E-state index is 0.324. The molecule has 0 spiro atoms. The minimum Gasteiger partial charge on any atom is -0.292 e. The van der Waals surface area contributed by atoms with Crippen LogP contribution in [0, 0.1) is 0 Å². The van der Waals surface area contributed by atoms with Gasteiger partial charge in [-0.1, -0.05) is 26.2 Å². The molecule has 0 atom stereocenters. The van der Waals surface area contributed by atoms with E-state index in [-0.39, 0.29) is 0 Å². The zero-order valence-electron chi connectivity index (χ0n) is 10.4. The van der Waals surface area contributed by atoms with Gasteiger partial charge in [0, 0.05) is 10.1 Å². The Bertz CT molecular complexity index is 364. The second-order valence-corrected chi connectivity index (χ2v) is 7.07. The normalized spacial score (nSPS) is 17.2. The Balaban J connectivity index is 1.80. The number of carbonyl (C=O) groups is 1. The zero-order chi connectivity index (χ0) is 12.1. The van der Waals surface area contributed by atoms with Gasteiger partial charge in [0.1, 0.15) is 0 Å². The van der Waals surface area contributed by atoms with Gasteiger partial charge in [-0.2, -0.15) is 11.8 Å². The maximum Gasteiger partial charge on any atom is 0.182 e. The molecule has 1 heterocycles. The van der Waals surface area contributed by atoms with Gasteiger partial charge in [-0.3, -0.25) is 4.79 Å². The molecule has 1 fully saturated rings. The Kier molecular flexibility index (Phi) is 5.11. The number of Topliss-reactive ketones (excluding diaryl/α,β-unsaturated/α-hetero) is 1. The maximum atomic E-state index is 12.0. The first kappa shape index (κ1) is 13.2. The van der Waals surface area contributed by atoms with Crippen LogP contribution in [0.4, 0.5) is 0 Å². The monoisotopic (exact) mass is 268 g/mol. The van der Waals surface area contributed by atoms with Crippen molar-refractivity contribution in [2.75, 3.05) is 5.75 Å². The molecular formula is C14H20OS2. The van der Waals surface area contributed by atoms with Gasteiger partial charge >= 0.3 is 0 Å². The van der Waals surface area contributed by atoms with Crippen molar-refractivity contribution < 1.29 is 4.79 Å². The molecule has 0 aliphatic heterocycles. The number of hydrogen-bond donors (Lipinski definition) is 0. The first-order valence-corrected chi connectivity index (χ1v) is 8.39. The van der Waals surface area contributed by atoms with Gasteiger partial charge in [0.25, 0.3) is 0 Å². The quantitative estimate of drug-likeness (QED) is 0.728. The molecule has 2 rings (SSSR count). The summed E-state index contributed by atoms with van der Waals surface area (Å²) in [4.78, 5) is 14.3. The van der Waals surface area contributed by atoms with Crippen molar-refractivity contribution in [1.29, 1.82) is 0 Å². The first-order chi connectivity index (χ1) is 8.29. The van der Waals surface area contributed by atoms with E-state index in [0.717, 1.165) is 16.5 Å². The molecule has 1 aromatic heterocycles. The summed E-state index contributed by atoms with van der Waals surface area (Å²) in [7, 11) is 0. The molecule has 0 amide bonds. The van der Waals surface area contributed by atoms with Crippen molar-refractivity contribution in [3.8, 4) is 0 Å². The van der Waals surface area contributed by atoms with Crippen molar-refractivity contribution in [2.24, 2.45) is 0 Å². The largest absolute Gasteiger partial charge is 0.292 e. The summed E-state index contributed by atoms with van der Waals surface area (Å²) in [5.74, 6) is 0.999. The van der Waals surface area contributed by atoms with Crippen molar-refractivity contribution in [1.82, 2.24) is 0 Å². The molecule has 0 saturated heterocycles. The highest BCUT2D eigenvalue weighted by Crippen LogP contribution is 2.29. The second-order valence-electron chi connectivity index (χ2n) is 4.61. The van der Waals surface area contributed by atoms with E-state index >= 15 is 0 Å². The summed E-state index contributed by atoms with van der Waals surface area (Å²) in [6.45, 7) is 2.14. The molecule has 0 aromatic carbocycles. The number of aryl methyl sites for hydroxylation is 1. The molecule has 0 unspecified atom stereocenters. The molecule has 1 aromatic rings. The van der Waals surface area contributed by atoms with Crippen molar-refractivity contribution in [3.63, 3.8) is 0 Å². The van der Waals surface area contributed by atoms with Crippen LogP contribution in [0.1, 0.15) is 53.6 Å². The molecule has 3 heteroatoms. The molecule has 1 saturated carbocycles. The first-order valence-electron chi connectivity index (χ1n) is 6.53. The number of rotatable bonds is 5. The maximum absolute atomic E-state index is 12.0. The van der Waals surface area contributed by atoms with Crippen LogP contribution < -0.4 is 0 Å². The standard InChI is InChI=1S/C14H20OS2/c1-2-11-8-9-14(17-11)13(15)10-16-12-6-4-3-5-7-12/h8-9,12H,2-7,10H2,1H3. The van der Waals surface area contributed by atoms with Crippen LogP contribution in [0.3, 0.4) is 0 Å². The van der Waals surface area contributed by atoms with Gasteiger partial charge in [0.2, 0.25) is 0 Å². The molecule has 0 N–H and O–H groups in total. The summed E-state index contributed by atoms with van der Waals surface area (Å²) in [6.07, 6.45) is 7.74. The van der Waals surface area contributed by atoms with Crippen molar-refractivity contribution in [2.45, 2.75) is 50.7 Å². The van der Waals surface area contributed by atoms with E-state index < -0.39 is 0 Å². The van der Waals surface area contributed by atoms with Crippen LogP contribution in [0.5, 0.6) is 0 Å². The number of thiophene rings is 1. The smallest absolute Gasteiger partial charge is 0.182 e. The Morgan fingerprint density at radius 3 is 2.76 bits per heavy atom. The van der Waals surface area contributed by atoms with Crippen molar-refractivity contribution >= 4 is 28.9 Å². The lowest BCUT2D eigenvalue weighted by molar-refractivity contribution is 0.102. The van der Waals surface area contributed by atoms with E-state index in [2.05, 4.69) is 13.0 Å². The lowest BCUT2D eigenvalue weighted by Gasteiger charge is -2.20. The van der Waals surface area contributed by atoms with Gasteiger partial charge in [-0.25, -0.2) is 0 Å². The molecule has 1 nitrogen and oxygen atoms in total. The highest BCUT2D eigenvalue weighted by molar-refractivity contribution is 8.00. The van der Waals surface area contributed by atoms with E-state index in [1.54, 1.807) is 11.3 Å². The lowest BCUT2D eigenvalue weighted by Crippen LogP contribution is -2.11. The highest BCUT2D eigenvalue weighted by atomic mass is 32.2. The summed E-state index contributed by atoms with van der Waals surface area (Å²) < 4.78 is 0. The molecule has 1 aliphatic rings. The van der Waals surface area contributed by atoms with E-state index in [1.807, 2.05) is 17.8 Å².